The largest absolute Gasteiger partial charge is 0.467 e. The number of aryl methyl sites for hydroxylation is 2. The van der Waals surface area contributed by atoms with Crippen LogP contribution in [-0.4, -0.2) is 40.7 Å². The summed E-state index contributed by atoms with van der Waals surface area (Å²) in [6.07, 6.45) is 4.79. The molecule has 1 aliphatic carbocycles. The van der Waals surface area contributed by atoms with Gasteiger partial charge in [-0.2, -0.15) is 0 Å². The van der Waals surface area contributed by atoms with Gasteiger partial charge in [0.05, 0.1) is 24.0 Å². The molecule has 1 aliphatic rings. The monoisotopic (exact) mass is 437 g/mol. The Morgan fingerprint density at radius 3 is 2.79 bits per heavy atom. The number of amides is 1. The van der Waals surface area contributed by atoms with Crippen LogP contribution in [-0.2, 0) is 32.9 Å². The Balaban J connectivity index is 1.60. The molecule has 0 fully saturated rings. The highest BCUT2D eigenvalue weighted by atomic mass is 32.2. The number of hydrogen-bond acceptors (Lipinski definition) is 7. The summed E-state index contributed by atoms with van der Waals surface area (Å²) in [5.41, 5.74) is 1.08. The van der Waals surface area contributed by atoms with Crippen LogP contribution in [0.2, 0.25) is 0 Å². The van der Waals surface area contributed by atoms with Crippen molar-refractivity contribution in [2.75, 3.05) is 12.9 Å². The molecule has 2 N–H and O–H groups in total. The zero-order chi connectivity index (χ0) is 21.0. The highest BCUT2D eigenvalue weighted by molar-refractivity contribution is 7.99. The van der Waals surface area contributed by atoms with Crippen LogP contribution in [0.5, 0.6) is 0 Å². The number of esters is 1. The van der Waals surface area contributed by atoms with E-state index in [2.05, 4.69) is 15.3 Å². The number of aromatic nitrogens is 2. The average Bonchev–Trinajstić information content (AvgIpc) is 3.05. The second-order valence-corrected chi connectivity index (χ2v) is 9.74. The number of thiophene rings is 1. The first-order chi connectivity index (χ1) is 13.9. The summed E-state index contributed by atoms with van der Waals surface area (Å²) in [6, 6.07) is -0.639. The Hall–Kier alpha value is -1.87. The lowest BCUT2D eigenvalue weighted by Gasteiger charge is -2.18. The van der Waals surface area contributed by atoms with Gasteiger partial charge in [-0.1, -0.05) is 13.8 Å². The molecule has 1 atom stereocenters. The molecule has 2 heterocycles. The minimum absolute atomic E-state index is 0.0860. The van der Waals surface area contributed by atoms with Crippen molar-refractivity contribution in [2.45, 2.75) is 57.7 Å². The first kappa shape index (κ1) is 21.8. The molecule has 0 saturated heterocycles. The summed E-state index contributed by atoms with van der Waals surface area (Å²) in [5, 5.41) is 3.48. The SMILES string of the molecule is COC(=O)[C@@H](CC(C)C)NC(=O)CSCc1nc2sc3c(c2c(=O)[nH]1)CCCC3. The van der Waals surface area contributed by atoms with Crippen LogP contribution < -0.4 is 10.9 Å². The summed E-state index contributed by atoms with van der Waals surface area (Å²) in [6.45, 7) is 3.97. The van der Waals surface area contributed by atoms with Crippen LogP contribution in [0.1, 0.15) is 49.4 Å². The predicted molar refractivity (Wildman–Crippen MR) is 116 cm³/mol. The summed E-state index contributed by atoms with van der Waals surface area (Å²) < 4.78 is 4.77. The van der Waals surface area contributed by atoms with E-state index in [4.69, 9.17) is 4.74 Å². The summed E-state index contributed by atoms with van der Waals surface area (Å²) in [5.74, 6) is 0.759. The number of fused-ring (bicyclic) bond motifs is 3. The smallest absolute Gasteiger partial charge is 0.328 e. The number of carbonyl (C=O) groups is 2. The van der Waals surface area contributed by atoms with Gasteiger partial charge in [0.2, 0.25) is 5.91 Å². The fraction of sp³-hybridized carbons (Fsp3) is 0.600. The quantitative estimate of drug-likeness (QED) is 0.616. The lowest BCUT2D eigenvalue weighted by atomic mass is 9.97. The van der Waals surface area contributed by atoms with Gasteiger partial charge in [0.15, 0.2) is 0 Å². The lowest BCUT2D eigenvalue weighted by Crippen LogP contribution is -2.43. The Kier molecular flexibility index (Phi) is 7.34. The van der Waals surface area contributed by atoms with Crippen LogP contribution in [0, 0.1) is 5.92 Å². The van der Waals surface area contributed by atoms with Crippen molar-refractivity contribution < 1.29 is 14.3 Å². The van der Waals surface area contributed by atoms with Crippen LogP contribution in [0.15, 0.2) is 4.79 Å². The molecule has 2 aromatic heterocycles. The van der Waals surface area contributed by atoms with Crippen molar-refractivity contribution in [3.8, 4) is 0 Å². The second kappa shape index (κ2) is 9.75. The van der Waals surface area contributed by atoms with Crippen molar-refractivity contribution in [2.24, 2.45) is 5.92 Å². The van der Waals surface area contributed by atoms with Gasteiger partial charge in [0.1, 0.15) is 16.7 Å². The van der Waals surface area contributed by atoms with E-state index in [9.17, 15) is 14.4 Å². The van der Waals surface area contributed by atoms with Gasteiger partial charge < -0.3 is 15.0 Å². The number of rotatable bonds is 8. The molecule has 0 aromatic carbocycles. The zero-order valence-corrected chi connectivity index (χ0v) is 18.6. The maximum atomic E-state index is 12.6. The molecule has 2 aromatic rings. The maximum Gasteiger partial charge on any atom is 0.328 e. The number of nitrogens with zero attached hydrogens (tertiary/aromatic N) is 1. The summed E-state index contributed by atoms with van der Waals surface area (Å²) in [7, 11) is 1.32. The Morgan fingerprint density at radius 1 is 1.31 bits per heavy atom. The van der Waals surface area contributed by atoms with Crippen molar-refractivity contribution >= 4 is 45.2 Å². The number of thioether (sulfide) groups is 1. The number of carbonyl (C=O) groups excluding carboxylic acids is 2. The molecule has 3 rings (SSSR count). The molecular weight excluding hydrogens is 410 g/mol. The number of methoxy groups -OCH3 is 1. The normalized spacial score (nSPS) is 14.6. The molecule has 29 heavy (non-hydrogen) atoms. The summed E-state index contributed by atoms with van der Waals surface area (Å²) in [4.78, 5) is 46.2. The highest BCUT2D eigenvalue weighted by Gasteiger charge is 2.23. The van der Waals surface area contributed by atoms with Crippen molar-refractivity contribution in [1.82, 2.24) is 15.3 Å². The molecule has 0 saturated carbocycles. The third kappa shape index (κ3) is 5.39. The lowest BCUT2D eigenvalue weighted by molar-refractivity contribution is -0.145. The van der Waals surface area contributed by atoms with Gasteiger partial charge in [-0.3, -0.25) is 9.59 Å². The Bertz CT molecular complexity index is 951. The molecule has 7 nitrogen and oxygen atoms in total. The number of hydrogen-bond donors (Lipinski definition) is 2. The molecule has 0 radical (unpaired) electrons. The number of aromatic amines is 1. The van der Waals surface area contributed by atoms with E-state index >= 15 is 0 Å². The van der Waals surface area contributed by atoms with E-state index in [0.717, 1.165) is 29.5 Å². The van der Waals surface area contributed by atoms with Gasteiger partial charge in [0, 0.05) is 4.88 Å². The van der Waals surface area contributed by atoms with Crippen molar-refractivity contribution in [3.63, 3.8) is 0 Å². The predicted octanol–water partition coefficient (Wildman–Crippen LogP) is 2.80. The number of nitrogens with one attached hydrogen (secondary N) is 2. The second-order valence-electron chi connectivity index (χ2n) is 7.67. The van der Waals surface area contributed by atoms with E-state index in [-0.39, 0.29) is 23.1 Å². The van der Waals surface area contributed by atoms with Gasteiger partial charge in [-0.15, -0.1) is 23.1 Å². The standard InChI is InChI=1S/C20H27N3O4S2/c1-11(2)8-13(20(26)27-3)21-16(24)10-28-9-15-22-18(25)17-12-6-4-5-7-14(12)29-19(17)23-15/h11,13H,4-10H2,1-3H3,(H,21,24)(H,22,23,25)/t13-/m1/s1. The molecule has 0 bridgehead atoms. The molecule has 0 unspecified atom stereocenters. The van der Waals surface area contributed by atoms with Gasteiger partial charge >= 0.3 is 5.97 Å². The van der Waals surface area contributed by atoms with E-state index in [1.54, 1.807) is 11.3 Å². The Morgan fingerprint density at radius 2 is 2.07 bits per heavy atom. The average molecular weight is 438 g/mol. The molecular formula is C20H27N3O4S2. The van der Waals surface area contributed by atoms with Crippen molar-refractivity contribution in [3.05, 3.63) is 26.6 Å². The third-order valence-electron chi connectivity index (χ3n) is 4.87. The molecule has 0 spiro atoms. The molecule has 9 heteroatoms. The van der Waals surface area contributed by atoms with Crippen LogP contribution in [0.4, 0.5) is 0 Å². The maximum absolute atomic E-state index is 12.6. The van der Waals surface area contributed by atoms with Crippen LogP contribution >= 0.6 is 23.1 Å². The van der Waals surface area contributed by atoms with Crippen LogP contribution in [0.3, 0.4) is 0 Å². The Labute approximate surface area is 178 Å². The first-order valence-electron chi connectivity index (χ1n) is 9.87. The van der Waals surface area contributed by atoms with Gasteiger partial charge in [-0.05, 0) is 43.6 Å². The third-order valence-corrected chi connectivity index (χ3v) is 7.00. The van der Waals surface area contributed by atoms with Gasteiger partial charge in [0.25, 0.3) is 5.56 Å². The van der Waals surface area contributed by atoms with Crippen LogP contribution in [0.25, 0.3) is 10.2 Å². The fourth-order valence-electron chi connectivity index (χ4n) is 3.58. The summed E-state index contributed by atoms with van der Waals surface area (Å²) >= 11 is 2.97. The van der Waals surface area contributed by atoms with E-state index in [0.29, 0.717) is 18.0 Å². The van der Waals surface area contributed by atoms with E-state index < -0.39 is 12.0 Å². The number of H-pyrrole nitrogens is 1. The van der Waals surface area contributed by atoms with E-state index in [1.165, 1.54) is 35.7 Å². The molecule has 1 amide bonds. The van der Waals surface area contributed by atoms with Crippen molar-refractivity contribution in [1.29, 1.82) is 0 Å². The molecule has 0 aliphatic heterocycles. The molecule has 158 valence electrons. The zero-order valence-electron chi connectivity index (χ0n) is 17.0. The van der Waals surface area contributed by atoms with E-state index in [1.807, 2.05) is 13.8 Å². The van der Waals surface area contributed by atoms with Gasteiger partial charge in [-0.25, -0.2) is 9.78 Å². The minimum Gasteiger partial charge on any atom is -0.467 e. The highest BCUT2D eigenvalue weighted by Crippen LogP contribution is 2.33. The topological polar surface area (TPSA) is 101 Å². The number of ether oxygens (including phenoxy) is 1. The minimum atomic E-state index is -0.639. The first-order valence-corrected chi connectivity index (χ1v) is 11.8. The fourth-order valence-corrected chi connectivity index (χ4v) is 5.56.